The first-order valence-corrected chi connectivity index (χ1v) is 9.24. The van der Waals surface area contributed by atoms with Crippen molar-refractivity contribution in [2.45, 2.75) is 19.0 Å². The lowest BCUT2D eigenvalue weighted by molar-refractivity contribution is -0.132. The van der Waals surface area contributed by atoms with Crippen LogP contribution in [0.1, 0.15) is 22.9 Å². The Kier molecular flexibility index (Phi) is 6.04. The van der Waals surface area contributed by atoms with Gasteiger partial charge in [0.05, 0.1) is 19.1 Å². The number of aromatic nitrogens is 1. The Balaban J connectivity index is 1.76. The molecule has 0 bridgehead atoms. The Labute approximate surface area is 152 Å². The predicted molar refractivity (Wildman–Crippen MR) is 100 cm³/mol. The van der Waals surface area contributed by atoms with Crippen molar-refractivity contribution >= 4 is 17.2 Å². The number of nitrogens with zero attached hydrogens (tertiary/aromatic N) is 2. The number of aliphatic hydroxyl groups excluding tert-OH is 1. The molecule has 25 heavy (non-hydrogen) atoms. The molecule has 1 aromatic carbocycles. The molecule has 1 unspecified atom stereocenters. The monoisotopic (exact) mass is 354 g/mol. The van der Waals surface area contributed by atoms with E-state index >= 15 is 0 Å². The zero-order valence-corrected chi connectivity index (χ0v) is 14.8. The van der Waals surface area contributed by atoms with Gasteiger partial charge >= 0.3 is 0 Å². The lowest BCUT2D eigenvalue weighted by Gasteiger charge is -2.25. The standard InChI is InChI=1S/C20H22N2O2S/c23-13-12-22(16-17-7-2-1-3-8-17)20(24)15-18(19-9-6-14-25-19)21-10-4-5-11-21/h1-11,14,18,23H,12-13,15-16H2. The summed E-state index contributed by atoms with van der Waals surface area (Å²) in [7, 11) is 0. The molecule has 0 fully saturated rings. The quantitative estimate of drug-likeness (QED) is 0.672. The summed E-state index contributed by atoms with van der Waals surface area (Å²) in [5.74, 6) is 0.0463. The Hall–Kier alpha value is -2.37. The number of amides is 1. The van der Waals surface area contributed by atoms with Crippen molar-refractivity contribution in [3.63, 3.8) is 0 Å². The van der Waals surface area contributed by atoms with Crippen LogP contribution in [0.2, 0.25) is 0 Å². The number of thiophene rings is 1. The predicted octanol–water partition coefficient (Wildman–Crippen LogP) is 3.55. The molecule has 0 radical (unpaired) electrons. The molecule has 130 valence electrons. The molecule has 1 N–H and O–H groups in total. The van der Waals surface area contributed by atoms with Crippen LogP contribution in [0.3, 0.4) is 0 Å². The maximum absolute atomic E-state index is 12.9. The van der Waals surface area contributed by atoms with Crippen molar-refractivity contribution in [3.05, 3.63) is 82.8 Å². The fourth-order valence-corrected chi connectivity index (χ4v) is 3.73. The second-order valence-corrected chi connectivity index (χ2v) is 6.87. The summed E-state index contributed by atoms with van der Waals surface area (Å²) in [5, 5.41) is 11.4. The molecule has 2 heterocycles. The highest BCUT2D eigenvalue weighted by Crippen LogP contribution is 2.27. The fraction of sp³-hybridized carbons (Fsp3) is 0.250. The number of benzene rings is 1. The number of carbonyl (C=O) groups is 1. The van der Waals surface area contributed by atoms with Gasteiger partial charge in [-0.25, -0.2) is 0 Å². The van der Waals surface area contributed by atoms with Crippen LogP contribution in [0, 0.1) is 0 Å². The number of rotatable bonds is 8. The molecule has 5 heteroatoms. The van der Waals surface area contributed by atoms with Gasteiger partial charge in [0.1, 0.15) is 0 Å². The maximum atomic E-state index is 12.9. The average molecular weight is 354 g/mol. The molecule has 0 spiro atoms. The molecular weight excluding hydrogens is 332 g/mol. The summed E-state index contributed by atoms with van der Waals surface area (Å²) in [5.41, 5.74) is 1.07. The second-order valence-electron chi connectivity index (χ2n) is 5.89. The van der Waals surface area contributed by atoms with E-state index in [1.54, 1.807) is 16.2 Å². The van der Waals surface area contributed by atoms with E-state index in [4.69, 9.17) is 0 Å². The van der Waals surface area contributed by atoms with Gasteiger partial charge in [-0.05, 0) is 29.1 Å². The van der Waals surface area contributed by atoms with E-state index in [0.717, 1.165) is 10.4 Å². The van der Waals surface area contributed by atoms with Crippen molar-refractivity contribution in [1.82, 2.24) is 9.47 Å². The van der Waals surface area contributed by atoms with E-state index in [2.05, 4.69) is 10.6 Å². The van der Waals surface area contributed by atoms with Gasteiger partial charge in [-0.3, -0.25) is 4.79 Å². The second kappa shape index (κ2) is 8.65. The summed E-state index contributed by atoms with van der Waals surface area (Å²) in [6, 6.07) is 17.9. The van der Waals surface area contributed by atoms with E-state index in [1.165, 1.54) is 0 Å². The largest absolute Gasteiger partial charge is 0.395 e. The van der Waals surface area contributed by atoms with Crippen molar-refractivity contribution < 1.29 is 9.90 Å². The van der Waals surface area contributed by atoms with E-state index < -0.39 is 0 Å². The Bertz CT molecular complexity index is 720. The molecule has 2 aromatic heterocycles. The van der Waals surface area contributed by atoms with Crippen LogP contribution in [0.25, 0.3) is 0 Å². The Morgan fingerprint density at radius 1 is 1.08 bits per heavy atom. The van der Waals surface area contributed by atoms with Gasteiger partial charge in [-0.15, -0.1) is 11.3 Å². The van der Waals surface area contributed by atoms with Crippen LogP contribution in [-0.2, 0) is 11.3 Å². The number of aliphatic hydroxyl groups is 1. The van der Waals surface area contributed by atoms with Gasteiger partial charge in [-0.2, -0.15) is 0 Å². The summed E-state index contributed by atoms with van der Waals surface area (Å²) in [4.78, 5) is 15.8. The van der Waals surface area contributed by atoms with Gasteiger partial charge in [0.2, 0.25) is 5.91 Å². The van der Waals surface area contributed by atoms with Gasteiger partial charge in [0.25, 0.3) is 0 Å². The highest BCUT2D eigenvalue weighted by atomic mass is 32.1. The first kappa shape index (κ1) is 17.5. The number of hydrogen-bond acceptors (Lipinski definition) is 3. The normalized spacial score (nSPS) is 12.0. The summed E-state index contributed by atoms with van der Waals surface area (Å²) >= 11 is 1.66. The van der Waals surface area contributed by atoms with Gasteiger partial charge in [0.15, 0.2) is 0 Å². The van der Waals surface area contributed by atoms with Crippen LogP contribution in [0.4, 0.5) is 0 Å². The van der Waals surface area contributed by atoms with Crippen LogP contribution >= 0.6 is 11.3 Å². The van der Waals surface area contributed by atoms with Crippen LogP contribution in [-0.4, -0.2) is 33.6 Å². The topological polar surface area (TPSA) is 45.5 Å². The molecule has 0 aliphatic carbocycles. The zero-order valence-electron chi connectivity index (χ0n) is 14.0. The van der Waals surface area contributed by atoms with Crippen LogP contribution < -0.4 is 0 Å². The third kappa shape index (κ3) is 4.59. The molecule has 3 aromatic rings. The lowest BCUT2D eigenvalue weighted by Crippen LogP contribution is -2.34. The lowest BCUT2D eigenvalue weighted by atomic mass is 10.1. The van der Waals surface area contributed by atoms with Gasteiger partial charge in [0, 0.05) is 30.4 Å². The Morgan fingerprint density at radius 2 is 1.84 bits per heavy atom. The first-order valence-electron chi connectivity index (χ1n) is 8.36. The van der Waals surface area contributed by atoms with Crippen molar-refractivity contribution in [3.8, 4) is 0 Å². The molecule has 4 nitrogen and oxygen atoms in total. The minimum atomic E-state index is -0.0360. The highest BCUT2D eigenvalue weighted by molar-refractivity contribution is 7.10. The summed E-state index contributed by atoms with van der Waals surface area (Å²) in [6.45, 7) is 0.825. The van der Waals surface area contributed by atoms with Crippen molar-refractivity contribution in [1.29, 1.82) is 0 Å². The van der Waals surface area contributed by atoms with E-state index in [1.807, 2.05) is 66.3 Å². The third-order valence-electron chi connectivity index (χ3n) is 4.17. The number of carbonyl (C=O) groups excluding carboxylic acids is 1. The molecule has 3 rings (SSSR count). The molecule has 0 aliphatic heterocycles. The fourth-order valence-electron chi connectivity index (χ4n) is 2.90. The Morgan fingerprint density at radius 3 is 2.48 bits per heavy atom. The van der Waals surface area contributed by atoms with E-state index in [-0.39, 0.29) is 18.6 Å². The smallest absolute Gasteiger partial charge is 0.225 e. The number of hydrogen-bond donors (Lipinski definition) is 1. The van der Waals surface area contributed by atoms with E-state index in [9.17, 15) is 9.90 Å². The molecule has 0 saturated carbocycles. The average Bonchev–Trinajstić information content (AvgIpc) is 3.34. The molecule has 1 atom stereocenters. The summed E-state index contributed by atoms with van der Waals surface area (Å²) in [6.07, 6.45) is 4.36. The van der Waals surface area contributed by atoms with Gasteiger partial charge < -0.3 is 14.6 Å². The van der Waals surface area contributed by atoms with Gasteiger partial charge in [-0.1, -0.05) is 36.4 Å². The molecule has 0 aliphatic rings. The van der Waals surface area contributed by atoms with Crippen molar-refractivity contribution in [2.75, 3.05) is 13.2 Å². The minimum absolute atomic E-state index is 0.0144. The SMILES string of the molecule is O=C(CC(c1cccs1)n1cccc1)N(CCO)Cc1ccccc1. The first-order chi connectivity index (χ1) is 12.3. The molecule has 1 amide bonds. The third-order valence-corrected chi connectivity index (χ3v) is 5.14. The van der Waals surface area contributed by atoms with Crippen molar-refractivity contribution in [2.24, 2.45) is 0 Å². The van der Waals surface area contributed by atoms with E-state index in [0.29, 0.717) is 19.5 Å². The molecular formula is C20H22N2O2S. The highest BCUT2D eigenvalue weighted by Gasteiger charge is 2.22. The maximum Gasteiger partial charge on any atom is 0.225 e. The van der Waals surface area contributed by atoms with Crippen LogP contribution in [0.5, 0.6) is 0 Å². The molecule has 0 saturated heterocycles. The zero-order chi connectivity index (χ0) is 17.5. The minimum Gasteiger partial charge on any atom is -0.395 e. The summed E-state index contributed by atoms with van der Waals surface area (Å²) < 4.78 is 2.07. The van der Waals surface area contributed by atoms with Crippen LogP contribution in [0.15, 0.2) is 72.4 Å².